The van der Waals surface area contributed by atoms with E-state index in [2.05, 4.69) is 25.4 Å². The van der Waals surface area contributed by atoms with E-state index in [0.29, 0.717) is 29.7 Å². The Morgan fingerprint density at radius 2 is 2.06 bits per heavy atom. The molecule has 0 saturated carbocycles. The number of H-pyrrole nitrogens is 1. The van der Waals surface area contributed by atoms with Crippen molar-refractivity contribution in [2.75, 3.05) is 44.8 Å². The number of para-hydroxylation sites is 1. The molecule has 2 aromatic carbocycles. The SMILES string of the molecule is Fc1ccc(OCCN2CCOCC2)cc1Nc1nc2c(-c3nnc[nH]3)cccc2c2sccc12. The summed E-state index contributed by atoms with van der Waals surface area (Å²) >= 11 is 1.62. The van der Waals surface area contributed by atoms with Gasteiger partial charge in [-0.05, 0) is 29.6 Å². The molecule has 0 amide bonds. The molecule has 3 aromatic heterocycles. The first-order chi connectivity index (χ1) is 17.3. The summed E-state index contributed by atoms with van der Waals surface area (Å²) < 4.78 is 27.2. The molecule has 0 spiro atoms. The van der Waals surface area contributed by atoms with E-state index in [-0.39, 0.29) is 5.82 Å². The summed E-state index contributed by atoms with van der Waals surface area (Å²) in [6.45, 7) is 4.63. The fourth-order valence-corrected chi connectivity index (χ4v) is 5.21. The predicted octanol–water partition coefficient (Wildman–Crippen LogP) is 4.83. The van der Waals surface area contributed by atoms with E-state index < -0.39 is 0 Å². The van der Waals surface area contributed by atoms with Gasteiger partial charge in [0.15, 0.2) is 5.82 Å². The number of nitrogens with zero attached hydrogens (tertiary/aromatic N) is 4. The minimum atomic E-state index is -0.376. The molecule has 6 rings (SSSR count). The summed E-state index contributed by atoms with van der Waals surface area (Å²) in [4.78, 5) is 10.2. The second-order valence-electron chi connectivity index (χ2n) is 8.23. The van der Waals surface area contributed by atoms with Gasteiger partial charge in [-0.15, -0.1) is 21.5 Å². The van der Waals surface area contributed by atoms with Gasteiger partial charge in [0.1, 0.15) is 30.3 Å². The Labute approximate surface area is 204 Å². The molecule has 4 heterocycles. The van der Waals surface area contributed by atoms with Gasteiger partial charge in [0.05, 0.1) is 24.4 Å². The molecule has 35 heavy (non-hydrogen) atoms. The van der Waals surface area contributed by atoms with Gasteiger partial charge in [0, 0.05) is 46.7 Å². The van der Waals surface area contributed by atoms with Crippen molar-refractivity contribution in [3.05, 3.63) is 60.0 Å². The topological polar surface area (TPSA) is 88.2 Å². The Kier molecular flexibility index (Phi) is 5.99. The van der Waals surface area contributed by atoms with Crippen LogP contribution in [0.2, 0.25) is 0 Å². The second-order valence-corrected chi connectivity index (χ2v) is 9.15. The lowest BCUT2D eigenvalue weighted by Gasteiger charge is -2.26. The third-order valence-electron chi connectivity index (χ3n) is 6.07. The molecule has 8 nitrogen and oxygen atoms in total. The number of halogens is 1. The molecule has 0 bridgehead atoms. The van der Waals surface area contributed by atoms with Gasteiger partial charge in [-0.1, -0.05) is 12.1 Å². The zero-order valence-corrected chi connectivity index (χ0v) is 19.6. The lowest BCUT2D eigenvalue weighted by Crippen LogP contribution is -2.38. The van der Waals surface area contributed by atoms with Crippen LogP contribution in [0.4, 0.5) is 15.9 Å². The average molecular weight is 491 g/mol. The summed E-state index contributed by atoms with van der Waals surface area (Å²) in [5, 5.41) is 15.2. The third kappa shape index (κ3) is 4.43. The normalized spacial score (nSPS) is 14.5. The molecule has 0 atom stereocenters. The van der Waals surface area contributed by atoms with E-state index in [0.717, 1.165) is 59.4 Å². The van der Waals surface area contributed by atoms with Gasteiger partial charge in [-0.2, -0.15) is 0 Å². The maximum absolute atomic E-state index is 14.8. The highest BCUT2D eigenvalue weighted by Gasteiger charge is 2.16. The van der Waals surface area contributed by atoms with Crippen molar-refractivity contribution >= 4 is 43.8 Å². The van der Waals surface area contributed by atoms with E-state index >= 15 is 0 Å². The smallest absolute Gasteiger partial charge is 0.163 e. The second kappa shape index (κ2) is 9.57. The van der Waals surface area contributed by atoms with Crippen LogP contribution >= 0.6 is 11.3 Å². The van der Waals surface area contributed by atoms with Gasteiger partial charge in [0.2, 0.25) is 0 Å². The first-order valence-electron chi connectivity index (χ1n) is 11.4. The number of benzene rings is 2. The molecule has 178 valence electrons. The van der Waals surface area contributed by atoms with Crippen LogP contribution in [0.25, 0.3) is 32.4 Å². The quantitative estimate of drug-likeness (QED) is 0.338. The molecule has 10 heteroatoms. The minimum Gasteiger partial charge on any atom is -0.492 e. The van der Waals surface area contributed by atoms with Crippen LogP contribution in [0.5, 0.6) is 5.75 Å². The molecular weight excluding hydrogens is 467 g/mol. The number of rotatable bonds is 7. The number of pyridine rings is 1. The highest BCUT2D eigenvalue weighted by Crippen LogP contribution is 2.38. The summed E-state index contributed by atoms with van der Waals surface area (Å²) in [6.07, 6.45) is 1.54. The van der Waals surface area contributed by atoms with Crippen molar-refractivity contribution in [3.8, 4) is 17.1 Å². The van der Waals surface area contributed by atoms with Crippen LogP contribution in [0.1, 0.15) is 0 Å². The first kappa shape index (κ1) is 21.9. The highest BCUT2D eigenvalue weighted by molar-refractivity contribution is 7.18. The molecule has 1 fully saturated rings. The van der Waals surface area contributed by atoms with E-state index in [1.165, 1.54) is 12.4 Å². The Morgan fingerprint density at radius 1 is 1.14 bits per heavy atom. The van der Waals surface area contributed by atoms with E-state index in [4.69, 9.17) is 14.5 Å². The van der Waals surface area contributed by atoms with Crippen molar-refractivity contribution in [2.45, 2.75) is 0 Å². The minimum absolute atomic E-state index is 0.311. The van der Waals surface area contributed by atoms with Crippen LogP contribution in [0.3, 0.4) is 0 Å². The molecule has 2 N–H and O–H groups in total. The standard InChI is InChI=1S/C25H23FN6O2S/c26-20-5-4-16(34-12-9-32-7-10-33-11-8-32)14-21(20)29-25-19-6-13-35-23(19)17-2-1-3-18(22(17)30-25)24-27-15-28-31-24/h1-6,13-15H,7-12H2,(H,29,30)(H,27,28,31). The monoisotopic (exact) mass is 490 g/mol. The Bertz CT molecular complexity index is 1470. The molecule has 0 unspecified atom stereocenters. The van der Waals surface area contributed by atoms with Crippen molar-refractivity contribution in [1.82, 2.24) is 25.1 Å². The van der Waals surface area contributed by atoms with Crippen molar-refractivity contribution in [1.29, 1.82) is 0 Å². The fourth-order valence-electron chi connectivity index (χ4n) is 4.28. The van der Waals surface area contributed by atoms with Gasteiger partial charge < -0.3 is 19.8 Å². The zero-order valence-electron chi connectivity index (χ0n) is 18.8. The number of ether oxygens (including phenoxy) is 2. The average Bonchev–Trinajstić information content (AvgIpc) is 3.59. The highest BCUT2D eigenvalue weighted by atomic mass is 32.1. The summed E-state index contributed by atoms with van der Waals surface area (Å²) in [6, 6.07) is 12.7. The fraction of sp³-hybridized carbons (Fsp3) is 0.240. The summed E-state index contributed by atoms with van der Waals surface area (Å²) in [7, 11) is 0. The van der Waals surface area contributed by atoms with Crippen molar-refractivity contribution in [3.63, 3.8) is 0 Å². The van der Waals surface area contributed by atoms with E-state index in [1.54, 1.807) is 23.5 Å². The molecule has 1 saturated heterocycles. The van der Waals surface area contributed by atoms with Gasteiger partial charge in [0.25, 0.3) is 0 Å². The van der Waals surface area contributed by atoms with Crippen LogP contribution in [0.15, 0.2) is 54.2 Å². The first-order valence-corrected chi connectivity index (χ1v) is 12.3. The summed E-state index contributed by atoms with van der Waals surface area (Å²) in [5.41, 5.74) is 1.91. The lowest BCUT2D eigenvalue weighted by atomic mass is 10.1. The van der Waals surface area contributed by atoms with Gasteiger partial charge in [-0.3, -0.25) is 4.90 Å². The third-order valence-corrected chi connectivity index (χ3v) is 7.01. The van der Waals surface area contributed by atoms with E-state index in [9.17, 15) is 4.39 Å². The number of nitrogens with one attached hydrogen (secondary N) is 2. The Balaban J connectivity index is 1.31. The van der Waals surface area contributed by atoms with Crippen LogP contribution in [0, 0.1) is 5.82 Å². The largest absolute Gasteiger partial charge is 0.492 e. The van der Waals surface area contributed by atoms with Crippen LogP contribution in [-0.4, -0.2) is 64.5 Å². The maximum atomic E-state index is 14.8. The van der Waals surface area contributed by atoms with E-state index in [1.807, 2.05) is 29.6 Å². The van der Waals surface area contributed by atoms with Crippen molar-refractivity contribution in [2.24, 2.45) is 0 Å². The van der Waals surface area contributed by atoms with Crippen molar-refractivity contribution < 1.29 is 13.9 Å². The number of hydrogen-bond donors (Lipinski definition) is 2. The van der Waals surface area contributed by atoms with Crippen LogP contribution in [-0.2, 0) is 4.74 Å². The molecular formula is C25H23FN6O2S. The number of hydrogen-bond acceptors (Lipinski definition) is 8. The molecule has 1 aliphatic rings. The number of morpholine rings is 1. The number of anilines is 2. The molecule has 0 aliphatic carbocycles. The van der Waals surface area contributed by atoms with Gasteiger partial charge >= 0.3 is 0 Å². The number of thiophene rings is 1. The molecule has 5 aromatic rings. The lowest BCUT2D eigenvalue weighted by molar-refractivity contribution is 0.0322. The predicted molar refractivity (Wildman–Crippen MR) is 135 cm³/mol. The number of fused-ring (bicyclic) bond motifs is 3. The number of aromatic nitrogens is 4. The molecule has 1 aliphatic heterocycles. The zero-order chi connectivity index (χ0) is 23.6. The maximum Gasteiger partial charge on any atom is 0.163 e. The number of aromatic amines is 1. The molecule has 0 radical (unpaired) electrons. The van der Waals surface area contributed by atoms with Crippen LogP contribution < -0.4 is 10.1 Å². The Morgan fingerprint density at radius 3 is 2.91 bits per heavy atom. The summed E-state index contributed by atoms with van der Waals surface area (Å²) in [5.74, 6) is 1.43. The van der Waals surface area contributed by atoms with Gasteiger partial charge in [-0.25, -0.2) is 9.37 Å². The Hall–Kier alpha value is -3.60.